The smallest absolute Gasteiger partial charge is 0.138 e. The summed E-state index contributed by atoms with van der Waals surface area (Å²) in [6.07, 6.45) is 1.77. The third kappa shape index (κ3) is 2.01. The summed E-state index contributed by atoms with van der Waals surface area (Å²) in [4.78, 5) is 0. The summed E-state index contributed by atoms with van der Waals surface area (Å²) in [6, 6.07) is 5.53. The summed E-state index contributed by atoms with van der Waals surface area (Å²) in [7, 11) is 1.59. The first-order valence-corrected chi connectivity index (χ1v) is 5.42. The Hall–Kier alpha value is -1.00. The molecule has 0 aliphatic carbocycles. The number of rotatable bonds is 2. The maximum Gasteiger partial charge on any atom is 0.138 e. The monoisotopic (exact) mass is 286 g/mol. The zero-order valence-corrected chi connectivity index (χ0v) is 10.3. The lowest BCUT2D eigenvalue weighted by atomic mass is 10.1. The maximum atomic E-state index is 5.98. The average Bonchev–Trinajstić information content (AvgIpc) is 2.71. The van der Waals surface area contributed by atoms with Crippen LogP contribution in [-0.2, 0) is 0 Å². The fraction of sp³-hybridized carbons (Fsp3) is 0.100. The third-order valence-electron chi connectivity index (χ3n) is 2.02. The van der Waals surface area contributed by atoms with Gasteiger partial charge in [-0.15, -0.1) is 0 Å². The van der Waals surface area contributed by atoms with Gasteiger partial charge in [0, 0.05) is 16.2 Å². The highest BCUT2D eigenvalue weighted by Gasteiger charge is 2.10. The van der Waals surface area contributed by atoms with Crippen molar-refractivity contribution >= 4 is 27.5 Å². The van der Waals surface area contributed by atoms with E-state index >= 15 is 0 Å². The van der Waals surface area contributed by atoms with Crippen LogP contribution in [0.25, 0.3) is 11.3 Å². The Morgan fingerprint density at radius 2 is 2.27 bits per heavy atom. The molecule has 0 amide bonds. The number of ether oxygens (including phenoxy) is 1. The quantitative estimate of drug-likeness (QED) is 0.918. The lowest BCUT2D eigenvalue weighted by molar-refractivity contribution is 0.415. The van der Waals surface area contributed by atoms with Gasteiger partial charge in [-0.2, -0.15) is 5.10 Å². The van der Waals surface area contributed by atoms with Gasteiger partial charge in [0.15, 0.2) is 0 Å². The van der Waals surface area contributed by atoms with Crippen molar-refractivity contribution in [2.75, 3.05) is 7.11 Å². The first-order valence-electron chi connectivity index (χ1n) is 4.25. The van der Waals surface area contributed by atoms with Gasteiger partial charge < -0.3 is 4.74 Å². The number of benzene rings is 1. The van der Waals surface area contributed by atoms with E-state index in [1.807, 2.05) is 12.1 Å². The van der Waals surface area contributed by atoms with Crippen LogP contribution in [0.4, 0.5) is 0 Å². The summed E-state index contributed by atoms with van der Waals surface area (Å²) in [5.74, 6) is 0.637. The second kappa shape index (κ2) is 4.24. The van der Waals surface area contributed by atoms with Crippen molar-refractivity contribution < 1.29 is 4.74 Å². The third-order valence-corrected chi connectivity index (χ3v) is 2.97. The molecule has 0 aliphatic heterocycles. The molecule has 78 valence electrons. The SMILES string of the molecule is COc1cc(-c2cc[nH]n2)c(Br)cc1Cl. The predicted molar refractivity (Wildman–Crippen MR) is 63.3 cm³/mol. The minimum atomic E-state index is 0.573. The van der Waals surface area contributed by atoms with E-state index in [1.165, 1.54) is 0 Å². The molecule has 1 heterocycles. The van der Waals surface area contributed by atoms with Gasteiger partial charge in [0.2, 0.25) is 0 Å². The van der Waals surface area contributed by atoms with E-state index in [1.54, 1.807) is 19.4 Å². The molecule has 0 spiro atoms. The van der Waals surface area contributed by atoms with Crippen molar-refractivity contribution in [1.82, 2.24) is 10.2 Å². The van der Waals surface area contributed by atoms with Crippen LogP contribution >= 0.6 is 27.5 Å². The van der Waals surface area contributed by atoms with Crippen LogP contribution in [-0.4, -0.2) is 17.3 Å². The molecule has 0 atom stereocenters. The summed E-state index contributed by atoms with van der Waals surface area (Å²) in [5, 5.41) is 7.43. The molecule has 0 saturated heterocycles. The minimum absolute atomic E-state index is 0.573. The van der Waals surface area contributed by atoms with Gasteiger partial charge >= 0.3 is 0 Å². The van der Waals surface area contributed by atoms with Gasteiger partial charge in [-0.05, 0) is 18.2 Å². The molecule has 0 aliphatic rings. The highest BCUT2D eigenvalue weighted by atomic mass is 79.9. The van der Waals surface area contributed by atoms with Gasteiger partial charge in [0.05, 0.1) is 17.8 Å². The van der Waals surface area contributed by atoms with E-state index in [-0.39, 0.29) is 0 Å². The molecule has 1 aromatic heterocycles. The highest BCUT2D eigenvalue weighted by molar-refractivity contribution is 9.10. The van der Waals surface area contributed by atoms with Crippen LogP contribution in [0.2, 0.25) is 5.02 Å². The van der Waals surface area contributed by atoms with Crippen LogP contribution < -0.4 is 4.74 Å². The molecular weight excluding hydrogens is 279 g/mol. The Morgan fingerprint density at radius 1 is 1.47 bits per heavy atom. The molecule has 2 aromatic rings. The summed E-state index contributed by atoms with van der Waals surface area (Å²) in [5.41, 5.74) is 1.79. The lowest BCUT2D eigenvalue weighted by Gasteiger charge is -2.07. The molecule has 0 fully saturated rings. The molecule has 15 heavy (non-hydrogen) atoms. The average molecular weight is 288 g/mol. The molecule has 1 aromatic carbocycles. The van der Waals surface area contributed by atoms with Gasteiger partial charge in [0.1, 0.15) is 5.75 Å². The Balaban J connectivity index is 2.57. The predicted octanol–water partition coefficient (Wildman–Crippen LogP) is 3.50. The first-order chi connectivity index (χ1) is 7.22. The standard InChI is InChI=1S/C10H8BrClN2O/c1-15-10-4-6(7(11)5-8(10)12)9-2-3-13-14-9/h2-5H,1H3,(H,13,14). The Labute approximate surface area is 101 Å². The van der Waals surface area contributed by atoms with Crippen molar-refractivity contribution in [2.24, 2.45) is 0 Å². The fourth-order valence-corrected chi connectivity index (χ4v) is 2.21. The van der Waals surface area contributed by atoms with Gasteiger partial charge in [0.25, 0.3) is 0 Å². The van der Waals surface area contributed by atoms with Crippen LogP contribution in [0.5, 0.6) is 5.75 Å². The van der Waals surface area contributed by atoms with E-state index in [0.29, 0.717) is 10.8 Å². The molecule has 0 saturated carbocycles. The van der Waals surface area contributed by atoms with Crippen LogP contribution in [0.1, 0.15) is 0 Å². The van der Waals surface area contributed by atoms with Gasteiger partial charge in [-0.3, -0.25) is 5.10 Å². The van der Waals surface area contributed by atoms with Crippen LogP contribution in [0, 0.1) is 0 Å². The number of hydrogen-bond donors (Lipinski definition) is 1. The normalized spacial score (nSPS) is 10.3. The molecular formula is C10H8BrClN2O. The number of halogens is 2. The fourth-order valence-electron chi connectivity index (χ4n) is 1.29. The largest absolute Gasteiger partial charge is 0.495 e. The van der Waals surface area contributed by atoms with Crippen molar-refractivity contribution in [2.45, 2.75) is 0 Å². The van der Waals surface area contributed by atoms with Crippen molar-refractivity contribution in [3.63, 3.8) is 0 Å². The molecule has 3 nitrogen and oxygen atoms in total. The number of aromatic nitrogens is 2. The Morgan fingerprint density at radius 3 is 2.87 bits per heavy atom. The number of H-pyrrole nitrogens is 1. The Kier molecular flexibility index (Phi) is 2.98. The maximum absolute atomic E-state index is 5.98. The lowest BCUT2D eigenvalue weighted by Crippen LogP contribution is -1.87. The van der Waals surface area contributed by atoms with Crippen molar-refractivity contribution in [3.05, 3.63) is 33.9 Å². The molecule has 5 heteroatoms. The topological polar surface area (TPSA) is 37.9 Å². The second-order valence-corrected chi connectivity index (χ2v) is 4.19. The van der Waals surface area contributed by atoms with E-state index in [0.717, 1.165) is 15.7 Å². The number of nitrogens with zero attached hydrogens (tertiary/aromatic N) is 1. The van der Waals surface area contributed by atoms with E-state index in [4.69, 9.17) is 16.3 Å². The number of hydrogen-bond acceptors (Lipinski definition) is 2. The molecule has 0 radical (unpaired) electrons. The first kappa shape index (κ1) is 10.5. The van der Waals surface area contributed by atoms with Gasteiger partial charge in [-0.1, -0.05) is 27.5 Å². The molecule has 1 N–H and O–H groups in total. The number of methoxy groups -OCH3 is 1. The molecule has 0 bridgehead atoms. The summed E-state index contributed by atoms with van der Waals surface area (Å²) >= 11 is 9.42. The highest BCUT2D eigenvalue weighted by Crippen LogP contribution is 2.35. The van der Waals surface area contributed by atoms with E-state index < -0.39 is 0 Å². The molecule has 2 rings (SSSR count). The summed E-state index contributed by atoms with van der Waals surface area (Å²) in [6.45, 7) is 0. The minimum Gasteiger partial charge on any atom is -0.495 e. The van der Waals surface area contributed by atoms with Crippen LogP contribution in [0.3, 0.4) is 0 Å². The second-order valence-electron chi connectivity index (χ2n) is 2.93. The molecule has 0 unspecified atom stereocenters. The van der Waals surface area contributed by atoms with E-state index in [2.05, 4.69) is 26.1 Å². The summed E-state index contributed by atoms with van der Waals surface area (Å²) < 4.78 is 6.04. The number of nitrogens with one attached hydrogen (secondary N) is 1. The van der Waals surface area contributed by atoms with E-state index in [9.17, 15) is 0 Å². The zero-order valence-electron chi connectivity index (χ0n) is 7.92. The van der Waals surface area contributed by atoms with Gasteiger partial charge in [-0.25, -0.2) is 0 Å². The van der Waals surface area contributed by atoms with Crippen molar-refractivity contribution in [1.29, 1.82) is 0 Å². The van der Waals surface area contributed by atoms with Crippen LogP contribution in [0.15, 0.2) is 28.9 Å². The zero-order chi connectivity index (χ0) is 10.8. The van der Waals surface area contributed by atoms with Crippen molar-refractivity contribution in [3.8, 4) is 17.0 Å². The Bertz CT molecular complexity index is 471. The number of aromatic amines is 1.